The van der Waals surface area contributed by atoms with Gasteiger partial charge >= 0.3 is 0 Å². The first-order valence-electron chi connectivity index (χ1n) is 24.8. The van der Waals surface area contributed by atoms with E-state index in [0.717, 1.165) is 111 Å². The van der Waals surface area contributed by atoms with E-state index in [2.05, 4.69) is 67.8 Å². The minimum Gasteiger partial charge on any atom is -0.384 e. The van der Waals surface area contributed by atoms with Crippen LogP contribution in [0, 0.1) is 25.7 Å². The van der Waals surface area contributed by atoms with Crippen molar-refractivity contribution in [1.29, 1.82) is 0 Å². The minimum absolute atomic E-state index is 0. The number of ketones is 2. The Morgan fingerprint density at radius 1 is 0.563 bits per heavy atom. The van der Waals surface area contributed by atoms with E-state index in [1.54, 1.807) is 13.1 Å². The maximum absolute atomic E-state index is 12.6. The predicted octanol–water partition coefficient (Wildman–Crippen LogP) is 11.8. The Morgan fingerprint density at radius 3 is 1.44 bits per heavy atom. The topological polar surface area (TPSA) is 157 Å². The lowest BCUT2D eigenvalue weighted by molar-refractivity contribution is -0.118. The number of carbonyl (C=O) groups excluding carboxylic acids is 2. The molecular weight excluding hydrogens is 879 g/mol. The van der Waals surface area contributed by atoms with Crippen LogP contribution in [0.2, 0.25) is 0 Å². The molecule has 0 spiro atoms. The SMILES string of the molecule is C.CC(=O)Cc1cc2ccccc2cn1.Cc1ccc(CCC(=O)Cc2cc3ccccc3cn2)c(N2CCC(C)CC2)n1.Cc1ccc(CN)c(N2CCC(C)CC2)n1.Nc1cc2ccccc2cn1. The summed E-state index contributed by atoms with van der Waals surface area (Å²) in [6.45, 7) is 15.2. The first-order chi connectivity index (χ1) is 33.9. The van der Waals surface area contributed by atoms with Gasteiger partial charge in [0, 0.05) is 115 Å². The number of hydrogen-bond donors (Lipinski definition) is 2. The summed E-state index contributed by atoms with van der Waals surface area (Å²) in [6.07, 6.45) is 12.5. The lowest BCUT2D eigenvalue weighted by Gasteiger charge is -2.32. The summed E-state index contributed by atoms with van der Waals surface area (Å²) in [5, 5.41) is 6.75. The third kappa shape index (κ3) is 15.7. The van der Waals surface area contributed by atoms with Crippen LogP contribution >= 0.6 is 0 Å². The first-order valence-corrected chi connectivity index (χ1v) is 24.8. The summed E-state index contributed by atoms with van der Waals surface area (Å²) in [4.78, 5) is 50.5. The molecule has 0 unspecified atom stereocenters. The second kappa shape index (κ2) is 26.2. The number of rotatable bonds is 10. The van der Waals surface area contributed by atoms with Crippen molar-refractivity contribution < 1.29 is 9.59 Å². The molecule has 8 aromatic rings. The molecule has 0 saturated carbocycles. The molecule has 2 aliphatic rings. The molecule has 11 heteroatoms. The van der Waals surface area contributed by atoms with Crippen LogP contribution in [0.15, 0.2) is 134 Å². The zero-order valence-corrected chi connectivity index (χ0v) is 41.7. The van der Waals surface area contributed by atoms with Crippen LogP contribution in [0.4, 0.5) is 17.5 Å². The fraction of sp³-hybridized carbons (Fsp3) is 0.350. The fourth-order valence-electron chi connectivity index (χ4n) is 8.86. The average Bonchev–Trinajstić information content (AvgIpc) is 3.37. The number of anilines is 3. The Kier molecular flexibility index (Phi) is 19.6. The predicted molar refractivity (Wildman–Crippen MR) is 295 cm³/mol. The summed E-state index contributed by atoms with van der Waals surface area (Å²) in [7, 11) is 0. The van der Waals surface area contributed by atoms with Crippen molar-refractivity contribution in [3.05, 3.63) is 168 Å². The number of aromatic nitrogens is 5. The van der Waals surface area contributed by atoms with Gasteiger partial charge in [0.1, 0.15) is 29.0 Å². The lowest BCUT2D eigenvalue weighted by Crippen LogP contribution is -2.34. The maximum Gasteiger partial charge on any atom is 0.139 e. The number of carbonyl (C=O) groups is 2. The molecular formula is C60H73N9O2. The van der Waals surface area contributed by atoms with Crippen molar-refractivity contribution in [2.75, 3.05) is 41.7 Å². The molecule has 10 rings (SSSR count). The summed E-state index contributed by atoms with van der Waals surface area (Å²) in [5.74, 6) is 4.77. The zero-order valence-electron chi connectivity index (χ0n) is 41.7. The molecule has 2 fully saturated rings. The summed E-state index contributed by atoms with van der Waals surface area (Å²) >= 11 is 0. The van der Waals surface area contributed by atoms with E-state index in [4.69, 9.17) is 16.5 Å². The highest BCUT2D eigenvalue weighted by Crippen LogP contribution is 2.27. The van der Waals surface area contributed by atoms with Gasteiger partial charge in [-0.25, -0.2) is 15.0 Å². The van der Waals surface area contributed by atoms with Gasteiger partial charge < -0.3 is 21.3 Å². The molecule has 7 heterocycles. The highest BCUT2D eigenvalue weighted by atomic mass is 16.1. The van der Waals surface area contributed by atoms with E-state index in [0.29, 0.717) is 31.6 Å². The summed E-state index contributed by atoms with van der Waals surface area (Å²) < 4.78 is 0. The smallest absolute Gasteiger partial charge is 0.139 e. The van der Waals surface area contributed by atoms with Gasteiger partial charge in [0.25, 0.3) is 0 Å². The van der Waals surface area contributed by atoms with Gasteiger partial charge in [-0.15, -0.1) is 0 Å². The molecule has 3 aromatic carbocycles. The molecule has 0 bridgehead atoms. The normalized spacial score (nSPS) is 13.8. The molecule has 2 aliphatic heterocycles. The number of piperidine rings is 2. The van der Waals surface area contributed by atoms with Gasteiger partial charge in [-0.3, -0.25) is 19.6 Å². The molecule has 0 aliphatic carbocycles. The molecule has 11 nitrogen and oxygen atoms in total. The number of benzene rings is 3. The fourth-order valence-corrected chi connectivity index (χ4v) is 8.86. The van der Waals surface area contributed by atoms with Crippen molar-refractivity contribution in [2.24, 2.45) is 17.6 Å². The number of aryl methyl sites for hydroxylation is 3. The Hall–Kier alpha value is -7.11. The lowest BCUT2D eigenvalue weighted by atomic mass is 9.98. The molecule has 0 amide bonds. The van der Waals surface area contributed by atoms with Crippen LogP contribution in [0.25, 0.3) is 32.3 Å². The van der Waals surface area contributed by atoms with Gasteiger partial charge in [-0.2, -0.15) is 0 Å². The zero-order chi connectivity index (χ0) is 49.4. The van der Waals surface area contributed by atoms with Gasteiger partial charge in [0.05, 0.1) is 0 Å². The van der Waals surface area contributed by atoms with Gasteiger partial charge in [-0.1, -0.05) is 106 Å². The van der Waals surface area contributed by atoms with Crippen LogP contribution in [-0.2, 0) is 35.4 Å². The average molecular weight is 952 g/mol. The second-order valence-electron chi connectivity index (χ2n) is 19.0. The van der Waals surface area contributed by atoms with E-state index in [-0.39, 0.29) is 19.0 Å². The Balaban J connectivity index is 0.000000167. The van der Waals surface area contributed by atoms with Gasteiger partial charge in [0.2, 0.25) is 0 Å². The quantitative estimate of drug-likeness (QED) is 0.134. The highest BCUT2D eigenvalue weighted by molar-refractivity contribution is 5.86. The maximum atomic E-state index is 12.6. The first kappa shape index (κ1) is 53.2. The van der Waals surface area contributed by atoms with Gasteiger partial charge in [-0.05, 0) is 117 Å². The van der Waals surface area contributed by atoms with E-state index >= 15 is 0 Å². The molecule has 5 aromatic heterocycles. The number of fused-ring (bicyclic) bond motifs is 3. The number of nitrogens with zero attached hydrogens (tertiary/aromatic N) is 7. The van der Waals surface area contributed by atoms with Crippen LogP contribution < -0.4 is 21.3 Å². The molecule has 0 atom stereocenters. The van der Waals surface area contributed by atoms with Crippen LogP contribution in [0.3, 0.4) is 0 Å². The largest absolute Gasteiger partial charge is 0.384 e. The van der Waals surface area contributed by atoms with E-state index < -0.39 is 0 Å². The number of nitrogen functional groups attached to an aromatic ring is 1. The molecule has 0 radical (unpaired) electrons. The minimum atomic E-state index is 0. The number of pyridine rings is 5. The molecule has 370 valence electrons. The number of hydrogen-bond acceptors (Lipinski definition) is 11. The third-order valence-electron chi connectivity index (χ3n) is 13.1. The second-order valence-corrected chi connectivity index (χ2v) is 19.0. The van der Waals surface area contributed by atoms with Crippen molar-refractivity contribution in [1.82, 2.24) is 24.9 Å². The van der Waals surface area contributed by atoms with Crippen molar-refractivity contribution in [3.63, 3.8) is 0 Å². The van der Waals surface area contributed by atoms with E-state index in [1.807, 2.05) is 117 Å². The van der Waals surface area contributed by atoms with Crippen LogP contribution in [0.1, 0.15) is 94.2 Å². The van der Waals surface area contributed by atoms with E-state index in [1.165, 1.54) is 36.8 Å². The third-order valence-corrected chi connectivity index (χ3v) is 13.1. The number of nitrogens with two attached hydrogens (primary N) is 2. The number of Topliss-reactive ketones (excluding diaryl/α,β-unsaturated/α-hetero) is 2. The molecule has 71 heavy (non-hydrogen) atoms. The van der Waals surface area contributed by atoms with Crippen LogP contribution in [0.5, 0.6) is 0 Å². The Morgan fingerprint density at radius 2 is 0.972 bits per heavy atom. The molecule has 2 saturated heterocycles. The Bertz CT molecular complexity index is 2990. The van der Waals surface area contributed by atoms with E-state index in [9.17, 15) is 9.59 Å². The van der Waals surface area contributed by atoms with Crippen LogP contribution in [-0.4, -0.2) is 62.7 Å². The highest BCUT2D eigenvalue weighted by Gasteiger charge is 2.21. The summed E-state index contributed by atoms with van der Waals surface area (Å²) in [5.41, 5.74) is 17.4. The standard InChI is InChI=1S/C25H29N3O.C13H21N3.C12H11NO.C9H8N2.CH4/c1-18-11-13-28(14-12-18)25-20(8-7-19(2)27-25)9-10-24(29)16-23-15-21-5-3-4-6-22(21)17-26-23;1-10-5-7-16(8-6-10)13-12(9-14)4-3-11(2)15-13;1-9(14)6-12-7-10-4-2-3-5-11(10)8-13-12;10-9-5-7-3-1-2-4-8(7)6-11-9;/h3-8,15,17-18H,9-14,16H2,1-2H3;3-4,10H,5-9,14H2,1-2H3;2-5,7-8H,6H2,1H3;1-6H,(H2,10,11);1H4. The van der Waals surface area contributed by atoms with Crippen molar-refractivity contribution >= 4 is 61.3 Å². The van der Waals surface area contributed by atoms with Crippen molar-refractivity contribution in [3.8, 4) is 0 Å². The monoisotopic (exact) mass is 952 g/mol. The van der Waals surface area contributed by atoms with Gasteiger partial charge in [0.15, 0.2) is 0 Å². The molecule has 4 N–H and O–H groups in total. The Labute approximate surface area is 421 Å². The summed E-state index contributed by atoms with van der Waals surface area (Å²) in [6, 6.07) is 38.4. The van der Waals surface area contributed by atoms with Crippen molar-refractivity contribution in [2.45, 2.75) is 100.0 Å².